The van der Waals surface area contributed by atoms with Crippen molar-refractivity contribution in [2.24, 2.45) is 4.99 Å². The Morgan fingerprint density at radius 3 is 2.44 bits per heavy atom. The molecule has 2 saturated heterocycles. The summed E-state index contributed by atoms with van der Waals surface area (Å²) < 4.78 is 10.6. The van der Waals surface area contributed by atoms with Crippen molar-refractivity contribution >= 4 is 11.6 Å². The highest BCUT2D eigenvalue weighted by molar-refractivity contribution is 5.80. The average molecular weight is 377 g/mol. The summed E-state index contributed by atoms with van der Waals surface area (Å²) in [5, 5.41) is 14.0. The molecule has 0 radical (unpaired) electrons. The van der Waals surface area contributed by atoms with Gasteiger partial charge in [0, 0.05) is 64.5 Å². The van der Waals surface area contributed by atoms with Crippen molar-refractivity contribution in [2.45, 2.75) is 25.4 Å². The topological polar surface area (TPSA) is 69.6 Å². The van der Waals surface area contributed by atoms with Crippen molar-refractivity contribution in [3.05, 3.63) is 24.3 Å². The van der Waals surface area contributed by atoms with Crippen molar-refractivity contribution in [1.82, 2.24) is 10.2 Å². The second-order valence-electron chi connectivity index (χ2n) is 7.18. The van der Waals surface area contributed by atoms with Gasteiger partial charge in [-0.15, -0.1) is 0 Å². The number of nitrogens with zero attached hydrogens (tertiary/aromatic N) is 3. The number of aliphatic hydroxyl groups is 1. The van der Waals surface area contributed by atoms with E-state index >= 15 is 0 Å². The number of guanidine groups is 1. The summed E-state index contributed by atoms with van der Waals surface area (Å²) in [6, 6.07) is 8.21. The van der Waals surface area contributed by atoms with Gasteiger partial charge in [-0.05, 0) is 31.2 Å². The van der Waals surface area contributed by atoms with Gasteiger partial charge in [0.15, 0.2) is 5.96 Å². The molecule has 2 heterocycles. The summed E-state index contributed by atoms with van der Waals surface area (Å²) in [4.78, 5) is 9.41. The number of methoxy groups -OCH3 is 1. The van der Waals surface area contributed by atoms with Crippen LogP contribution in [0.5, 0.6) is 5.75 Å². The van der Waals surface area contributed by atoms with Gasteiger partial charge in [0.2, 0.25) is 0 Å². The molecule has 7 heteroatoms. The van der Waals surface area contributed by atoms with Crippen LogP contribution < -0.4 is 15.0 Å². The van der Waals surface area contributed by atoms with Crippen molar-refractivity contribution < 1.29 is 14.6 Å². The van der Waals surface area contributed by atoms with Crippen molar-refractivity contribution in [3.8, 4) is 5.75 Å². The molecule has 0 saturated carbocycles. The van der Waals surface area contributed by atoms with Crippen LogP contribution in [0.1, 0.15) is 19.8 Å². The summed E-state index contributed by atoms with van der Waals surface area (Å²) in [5.74, 6) is 1.77. The molecule has 150 valence electrons. The van der Waals surface area contributed by atoms with Gasteiger partial charge in [0.25, 0.3) is 0 Å². The normalized spacial score (nSPS) is 20.5. The first-order valence-electron chi connectivity index (χ1n) is 9.86. The Bertz CT molecular complexity index is 606. The third kappa shape index (κ3) is 5.26. The number of rotatable bonds is 5. The van der Waals surface area contributed by atoms with Crippen LogP contribution >= 0.6 is 0 Å². The molecule has 2 aliphatic rings. The molecule has 0 amide bonds. The summed E-state index contributed by atoms with van der Waals surface area (Å²) in [6.07, 6.45) is 1.31. The molecule has 2 N–H and O–H groups in total. The van der Waals surface area contributed by atoms with Crippen LogP contribution in [0.2, 0.25) is 0 Å². The summed E-state index contributed by atoms with van der Waals surface area (Å²) in [5.41, 5.74) is 0.484. The van der Waals surface area contributed by atoms with E-state index in [1.807, 2.05) is 12.1 Å². The third-order valence-electron chi connectivity index (χ3n) is 5.30. The molecule has 0 unspecified atom stereocenters. The fourth-order valence-corrected chi connectivity index (χ4v) is 3.53. The lowest BCUT2D eigenvalue weighted by atomic mass is 9.95. The van der Waals surface area contributed by atoms with Crippen LogP contribution in [0.3, 0.4) is 0 Å². The SMILES string of the molecule is CCNC(=NCC1(O)CCOCC1)N1CCN(c2ccc(OC)cc2)CC1. The zero-order valence-corrected chi connectivity index (χ0v) is 16.5. The average Bonchev–Trinajstić information content (AvgIpc) is 2.72. The second-order valence-corrected chi connectivity index (χ2v) is 7.18. The molecule has 0 aromatic heterocycles. The first-order chi connectivity index (χ1) is 13.1. The van der Waals surface area contributed by atoms with Crippen LogP contribution in [0.4, 0.5) is 5.69 Å². The van der Waals surface area contributed by atoms with Gasteiger partial charge in [0.1, 0.15) is 5.75 Å². The lowest BCUT2D eigenvalue weighted by molar-refractivity contribution is -0.0566. The van der Waals surface area contributed by atoms with Gasteiger partial charge in [0.05, 0.1) is 19.3 Å². The van der Waals surface area contributed by atoms with Gasteiger partial charge >= 0.3 is 0 Å². The van der Waals surface area contributed by atoms with E-state index in [4.69, 9.17) is 14.5 Å². The number of hydrogen-bond acceptors (Lipinski definition) is 5. The fraction of sp³-hybridized carbons (Fsp3) is 0.650. The molecule has 2 fully saturated rings. The predicted octanol–water partition coefficient (Wildman–Crippen LogP) is 1.32. The van der Waals surface area contributed by atoms with Crippen LogP contribution in [-0.4, -0.2) is 81.2 Å². The van der Waals surface area contributed by atoms with Gasteiger partial charge in [-0.1, -0.05) is 0 Å². The Labute approximate surface area is 162 Å². The van der Waals surface area contributed by atoms with Crippen LogP contribution in [0, 0.1) is 0 Å². The Morgan fingerprint density at radius 2 is 1.85 bits per heavy atom. The molecule has 0 spiro atoms. The molecule has 7 nitrogen and oxygen atoms in total. The molecule has 0 atom stereocenters. The predicted molar refractivity (Wildman–Crippen MR) is 108 cm³/mol. The number of piperazine rings is 1. The molecule has 1 aromatic rings. The summed E-state index contributed by atoms with van der Waals surface area (Å²) >= 11 is 0. The smallest absolute Gasteiger partial charge is 0.194 e. The Hall–Kier alpha value is -1.99. The van der Waals surface area contributed by atoms with E-state index in [0.717, 1.165) is 44.4 Å². The largest absolute Gasteiger partial charge is 0.497 e. The number of nitrogens with one attached hydrogen (secondary N) is 1. The minimum absolute atomic E-state index is 0.428. The fourth-order valence-electron chi connectivity index (χ4n) is 3.53. The van der Waals surface area contributed by atoms with E-state index in [9.17, 15) is 5.11 Å². The highest BCUT2D eigenvalue weighted by atomic mass is 16.5. The lowest BCUT2D eigenvalue weighted by Crippen LogP contribution is -2.53. The highest BCUT2D eigenvalue weighted by Crippen LogP contribution is 2.22. The van der Waals surface area contributed by atoms with Crippen LogP contribution in [-0.2, 0) is 4.74 Å². The van der Waals surface area contributed by atoms with E-state index in [0.29, 0.717) is 32.6 Å². The maximum Gasteiger partial charge on any atom is 0.194 e. The maximum absolute atomic E-state index is 10.7. The first-order valence-corrected chi connectivity index (χ1v) is 9.86. The van der Waals surface area contributed by atoms with Gasteiger partial charge in [-0.25, -0.2) is 0 Å². The van der Waals surface area contributed by atoms with Crippen molar-refractivity contribution in [1.29, 1.82) is 0 Å². The molecule has 1 aromatic carbocycles. The number of hydrogen-bond donors (Lipinski definition) is 2. The zero-order valence-electron chi connectivity index (χ0n) is 16.5. The number of anilines is 1. The Balaban J connectivity index is 1.58. The molecule has 27 heavy (non-hydrogen) atoms. The first kappa shape index (κ1) is 19.8. The molecule has 3 rings (SSSR count). The highest BCUT2D eigenvalue weighted by Gasteiger charge is 2.30. The summed E-state index contributed by atoms with van der Waals surface area (Å²) in [6.45, 7) is 8.23. The van der Waals surface area contributed by atoms with Gasteiger partial charge < -0.3 is 29.7 Å². The molecular weight excluding hydrogens is 344 g/mol. The van der Waals surface area contributed by atoms with E-state index in [1.54, 1.807) is 7.11 Å². The zero-order chi connectivity index (χ0) is 19.1. The number of benzene rings is 1. The third-order valence-corrected chi connectivity index (χ3v) is 5.30. The lowest BCUT2D eigenvalue weighted by Gasteiger charge is -2.38. The standard InChI is InChI=1S/C20H32N4O3/c1-3-21-19(22-16-20(25)8-14-27-15-9-20)24-12-10-23(11-13-24)17-4-6-18(26-2)7-5-17/h4-7,25H,3,8-16H2,1-2H3,(H,21,22). The molecule has 2 aliphatic heterocycles. The van der Waals surface area contributed by atoms with Crippen LogP contribution in [0.15, 0.2) is 29.3 Å². The van der Waals surface area contributed by atoms with Crippen molar-refractivity contribution in [2.75, 3.05) is 64.5 Å². The minimum Gasteiger partial charge on any atom is -0.497 e. The van der Waals surface area contributed by atoms with E-state index in [-0.39, 0.29) is 0 Å². The minimum atomic E-state index is -0.732. The van der Waals surface area contributed by atoms with E-state index in [1.165, 1.54) is 5.69 Å². The number of ether oxygens (including phenoxy) is 2. The Kier molecular flexibility index (Phi) is 6.79. The van der Waals surface area contributed by atoms with Crippen LogP contribution in [0.25, 0.3) is 0 Å². The second kappa shape index (κ2) is 9.28. The van der Waals surface area contributed by atoms with E-state index < -0.39 is 5.60 Å². The number of aliphatic imine (C=N–C) groups is 1. The monoisotopic (exact) mass is 376 g/mol. The molecule has 0 aliphatic carbocycles. The molecular formula is C20H32N4O3. The molecule has 0 bridgehead atoms. The quantitative estimate of drug-likeness (QED) is 0.597. The summed E-state index contributed by atoms with van der Waals surface area (Å²) in [7, 11) is 1.69. The van der Waals surface area contributed by atoms with Gasteiger partial charge in [-0.3, -0.25) is 4.99 Å². The Morgan fingerprint density at radius 1 is 1.19 bits per heavy atom. The van der Waals surface area contributed by atoms with Crippen molar-refractivity contribution in [3.63, 3.8) is 0 Å². The van der Waals surface area contributed by atoms with E-state index in [2.05, 4.69) is 34.2 Å². The maximum atomic E-state index is 10.7. The van der Waals surface area contributed by atoms with Gasteiger partial charge in [-0.2, -0.15) is 0 Å².